The number of rotatable bonds is 4. The van der Waals surface area contributed by atoms with Crippen molar-refractivity contribution in [3.05, 3.63) is 35.4 Å². The molecule has 0 bridgehead atoms. The molecule has 1 atom stereocenters. The Balaban J connectivity index is 2.55. The maximum Gasteiger partial charge on any atom is 0.280 e. The summed E-state index contributed by atoms with van der Waals surface area (Å²) >= 11 is 0. The van der Waals surface area contributed by atoms with E-state index in [1.807, 2.05) is 31.2 Å². The molecule has 3 N–H and O–H groups in total. The average molecular weight is 229 g/mol. The molecule has 4 nitrogen and oxygen atoms in total. The third-order valence-corrected chi connectivity index (χ3v) is 3.22. The van der Waals surface area contributed by atoms with Gasteiger partial charge in [-0.2, -0.15) is 8.42 Å². The van der Waals surface area contributed by atoms with E-state index >= 15 is 0 Å². The van der Waals surface area contributed by atoms with E-state index in [2.05, 4.69) is 0 Å². The van der Waals surface area contributed by atoms with Crippen molar-refractivity contribution in [2.45, 2.75) is 25.1 Å². The van der Waals surface area contributed by atoms with Crippen LogP contribution in [0.3, 0.4) is 0 Å². The smallest absolute Gasteiger partial charge is 0.280 e. The molecule has 0 fully saturated rings. The van der Waals surface area contributed by atoms with Crippen LogP contribution in [0, 0.1) is 6.92 Å². The van der Waals surface area contributed by atoms with Crippen molar-refractivity contribution in [1.82, 2.24) is 0 Å². The average Bonchev–Trinajstić information content (AvgIpc) is 2.15. The van der Waals surface area contributed by atoms with Gasteiger partial charge in [0, 0.05) is 0 Å². The molecule has 0 aliphatic rings. The van der Waals surface area contributed by atoms with E-state index in [-0.39, 0.29) is 6.42 Å². The second-order valence-electron chi connectivity index (χ2n) is 3.58. The third-order valence-electron chi connectivity index (χ3n) is 2.22. The van der Waals surface area contributed by atoms with Crippen LogP contribution in [0.2, 0.25) is 0 Å². The largest absolute Gasteiger partial charge is 0.313 e. The minimum absolute atomic E-state index is 0.224. The standard InChI is InChI=1S/C10H15NO3S/c1-8-2-4-9(5-3-8)6-7-10(11)15(12,13)14/h2-5,10H,6-7,11H2,1H3,(H,12,13,14). The van der Waals surface area contributed by atoms with Crippen LogP contribution in [0.5, 0.6) is 0 Å². The van der Waals surface area contributed by atoms with Gasteiger partial charge < -0.3 is 5.73 Å². The van der Waals surface area contributed by atoms with Crippen LogP contribution in [0.1, 0.15) is 17.5 Å². The highest BCUT2D eigenvalue weighted by Crippen LogP contribution is 2.08. The predicted molar refractivity (Wildman–Crippen MR) is 59.0 cm³/mol. The van der Waals surface area contributed by atoms with Crippen LogP contribution < -0.4 is 5.73 Å². The minimum Gasteiger partial charge on any atom is -0.313 e. The van der Waals surface area contributed by atoms with Gasteiger partial charge in [0.1, 0.15) is 5.37 Å². The van der Waals surface area contributed by atoms with Crippen LogP contribution in [-0.2, 0) is 16.5 Å². The molecule has 0 aliphatic carbocycles. The topological polar surface area (TPSA) is 80.4 Å². The highest BCUT2D eigenvalue weighted by Gasteiger charge is 2.16. The molecule has 1 aromatic rings. The SMILES string of the molecule is Cc1ccc(CCC(N)S(=O)(=O)O)cc1. The summed E-state index contributed by atoms with van der Waals surface area (Å²) in [6, 6.07) is 7.75. The van der Waals surface area contributed by atoms with Gasteiger partial charge >= 0.3 is 0 Å². The first-order valence-electron chi connectivity index (χ1n) is 4.67. The zero-order chi connectivity index (χ0) is 11.5. The number of hydrogen-bond acceptors (Lipinski definition) is 3. The molecule has 0 amide bonds. The molecule has 0 saturated carbocycles. The molecule has 15 heavy (non-hydrogen) atoms. The molecular weight excluding hydrogens is 214 g/mol. The molecule has 0 heterocycles. The van der Waals surface area contributed by atoms with E-state index in [1.54, 1.807) is 0 Å². The summed E-state index contributed by atoms with van der Waals surface area (Å²) in [5, 5.41) is -1.20. The normalized spacial score (nSPS) is 13.8. The Morgan fingerprint density at radius 1 is 1.33 bits per heavy atom. The molecule has 84 valence electrons. The molecule has 0 aliphatic heterocycles. The molecule has 1 unspecified atom stereocenters. The highest BCUT2D eigenvalue weighted by molar-refractivity contribution is 7.86. The van der Waals surface area contributed by atoms with E-state index in [0.717, 1.165) is 11.1 Å². The monoisotopic (exact) mass is 229 g/mol. The lowest BCUT2D eigenvalue weighted by molar-refractivity contribution is 0.463. The quantitative estimate of drug-likeness (QED) is 0.758. The van der Waals surface area contributed by atoms with Crippen molar-refractivity contribution in [3.63, 3.8) is 0 Å². The van der Waals surface area contributed by atoms with Crippen LogP contribution in [0.4, 0.5) is 0 Å². The summed E-state index contributed by atoms with van der Waals surface area (Å²) in [4.78, 5) is 0. The highest BCUT2D eigenvalue weighted by atomic mass is 32.2. The molecule has 5 heteroatoms. The summed E-state index contributed by atoms with van der Waals surface area (Å²) in [6.07, 6.45) is 0.767. The number of nitrogens with two attached hydrogens (primary N) is 1. The van der Waals surface area contributed by atoms with Gasteiger partial charge in [-0.1, -0.05) is 29.8 Å². The first-order valence-corrected chi connectivity index (χ1v) is 6.17. The Bertz CT molecular complexity index is 411. The predicted octanol–water partition coefficient (Wildman–Crippen LogP) is 1.10. The van der Waals surface area contributed by atoms with E-state index < -0.39 is 15.5 Å². The first-order chi connectivity index (χ1) is 6.89. The summed E-state index contributed by atoms with van der Waals surface area (Å²) in [7, 11) is -4.10. The molecule has 0 spiro atoms. The number of hydrogen-bond donors (Lipinski definition) is 2. The van der Waals surface area contributed by atoms with Gasteiger partial charge in [-0.3, -0.25) is 4.55 Å². The van der Waals surface area contributed by atoms with Gasteiger partial charge in [-0.05, 0) is 25.3 Å². The fourth-order valence-corrected chi connectivity index (χ4v) is 1.63. The van der Waals surface area contributed by atoms with Gasteiger partial charge in [0.25, 0.3) is 10.1 Å². The Kier molecular flexibility index (Phi) is 3.84. The second-order valence-corrected chi connectivity index (χ2v) is 5.21. The van der Waals surface area contributed by atoms with Crippen molar-refractivity contribution < 1.29 is 13.0 Å². The van der Waals surface area contributed by atoms with E-state index in [9.17, 15) is 8.42 Å². The van der Waals surface area contributed by atoms with Gasteiger partial charge in [0.05, 0.1) is 0 Å². The first kappa shape index (κ1) is 12.2. The minimum atomic E-state index is -4.10. The Morgan fingerprint density at radius 3 is 2.33 bits per heavy atom. The molecule has 0 aromatic heterocycles. The fourth-order valence-electron chi connectivity index (χ4n) is 1.21. The van der Waals surface area contributed by atoms with Gasteiger partial charge in [-0.15, -0.1) is 0 Å². The summed E-state index contributed by atoms with van der Waals surface area (Å²) in [6.45, 7) is 1.98. The van der Waals surface area contributed by atoms with E-state index in [4.69, 9.17) is 10.3 Å². The van der Waals surface area contributed by atoms with Crippen molar-refractivity contribution in [2.75, 3.05) is 0 Å². The van der Waals surface area contributed by atoms with Gasteiger partial charge in [0.2, 0.25) is 0 Å². The zero-order valence-electron chi connectivity index (χ0n) is 8.55. The molecular formula is C10H15NO3S. The van der Waals surface area contributed by atoms with Crippen LogP contribution in [-0.4, -0.2) is 18.3 Å². The van der Waals surface area contributed by atoms with E-state index in [0.29, 0.717) is 6.42 Å². The maximum absolute atomic E-state index is 10.6. The lowest BCUT2D eigenvalue weighted by Gasteiger charge is -2.07. The van der Waals surface area contributed by atoms with Gasteiger partial charge in [0.15, 0.2) is 0 Å². The van der Waals surface area contributed by atoms with Crippen molar-refractivity contribution in [3.8, 4) is 0 Å². The maximum atomic E-state index is 10.6. The molecule has 0 saturated heterocycles. The summed E-state index contributed by atoms with van der Waals surface area (Å²) in [5.41, 5.74) is 7.45. The second kappa shape index (κ2) is 4.74. The van der Waals surface area contributed by atoms with Crippen molar-refractivity contribution in [1.29, 1.82) is 0 Å². The Labute approximate surface area is 89.9 Å². The number of aryl methyl sites for hydroxylation is 2. The van der Waals surface area contributed by atoms with Crippen molar-refractivity contribution in [2.24, 2.45) is 5.73 Å². The number of benzene rings is 1. The fraction of sp³-hybridized carbons (Fsp3) is 0.400. The zero-order valence-corrected chi connectivity index (χ0v) is 9.37. The van der Waals surface area contributed by atoms with E-state index in [1.165, 1.54) is 0 Å². The van der Waals surface area contributed by atoms with Crippen molar-refractivity contribution >= 4 is 10.1 Å². The van der Waals surface area contributed by atoms with Crippen LogP contribution in [0.25, 0.3) is 0 Å². The van der Waals surface area contributed by atoms with Gasteiger partial charge in [-0.25, -0.2) is 0 Å². The lowest BCUT2D eigenvalue weighted by atomic mass is 10.1. The Hall–Kier alpha value is -0.910. The molecule has 1 rings (SSSR count). The molecule has 1 aromatic carbocycles. The third kappa shape index (κ3) is 3.99. The summed E-state index contributed by atoms with van der Waals surface area (Å²) in [5.74, 6) is 0. The van der Waals surface area contributed by atoms with Crippen LogP contribution >= 0.6 is 0 Å². The molecule has 0 radical (unpaired) electrons. The lowest BCUT2D eigenvalue weighted by Crippen LogP contribution is -2.30. The summed E-state index contributed by atoms with van der Waals surface area (Å²) < 4.78 is 29.9. The Morgan fingerprint density at radius 2 is 1.87 bits per heavy atom. The van der Waals surface area contributed by atoms with Crippen LogP contribution in [0.15, 0.2) is 24.3 Å².